The number of carbonyl (C=O) groups is 2. The Morgan fingerprint density at radius 1 is 1.14 bits per heavy atom. The highest BCUT2D eigenvalue weighted by atomic mass is 35.5. The lowest BCUT2D eigenvalue weighted by atomic mass is 10.2. The molecule has 29 heavy (non-hydrogen) atoms. The molecule has 2 amide bonds. The van der Waals surface area contributed by atoms with Gasteiger partial charge < -0.3 is 14.4 Å². The van der Waals surface area contributed by atoms with E-state index in [0.717, 1.165) is 11.3 Å². The van der Waals surface area contributed by atoms with E-state index in [2.05, 4.69) is 16.0 Å². The maximum absolute atomic E-state index is 12.3. The fourth-order valence-corrected chi connectivity index (χ4v) is 2.71. The van der Waals surface area contributed by atoms with Crippen LogP contribution in [0, 0.1) is 13.8 Å². The van der Waals surface area contributed by atoms with Gasteiger partial charge in [-0.25, -0.2) is 0 Å². The van der Waals surface area contributed by atoms with E-state index in [-0.39, 0.29) is 28.5 Å². The van der Waals surface area contributed by atoms with Gasteiger partial charge in [-0.1, -0.05) is 22.8 Å². The average molecular weight is 416 g/mol. The number of amides is 2. The fraction of sp³-hybridized carbons (Fsp3) is 0.150. The number of ether oxygens (including phenoxy) is 1. The Balaban J connectivity index is 1.62. The van der Waals surface area contributed by atoms with Gasteiger partial charge in [-0.2, -0.15) is 0 Å². The van der Waals surface area contributed by atoms with E-state index < -0.39 is 11.8 Å². The van der Waals surface area contributed by atoms with E-state index in [0.29, 0.717) is 11.5 Å². The molecule has 0 aliphatic rings. The first-order chi connectivity index (χ1) is 13.8. The second kappa shape index (κ2) is 8.66. The number of halogens is 1. The maximum Gasteiger partial charge on any atom is 0.273 e. The van der Waals surface area contributed by atoms with Crippen molar-refractivity contribution in [2.75, 3.05) is 0 Å². The number of hydrazine groups is 1. The number of carbonyl (C=O) groups excluding carboxylic acids is 2. The Morgan fingerprint density at radius 3 is 2.62 bits per heavy atom. The summed E-state index contributed by atoms with van der Waals surface area (Å²) < 4.78 is 10.8. The predicted molar refractivity (Wildman–Crippen MR) is 105 cm³/mol. The summed E-state index contributed by atoms with van der Waals surface area (Å²) in [5, 5.41) is 13.9. The van der Waals surface area contributed by atoms with Crippen LogP contribution in [0.1, 0.15) is 37.7 Å². The van der Waals surface area contributed by atoms with Crippen LogP contribution < -0.4 is 15.6 Å². The summed E-state index contributed by atoms with van der Waals surface area (Å²) in [5.74, 6) is -0.373. The number of benzene rings is 2. The summed E-state index contributed by atoms with van der Waals surface area (Å²) in [7, 11) is 0. The number of nitrogens with zero attached hydrogens (tertiary/aromatic N) is 1. The van der Waals surface area contributed by atoms with Crippen LogP contribution in [-0.2, 0) is 6.61 Å². The summed E-state index contributed by atoms with van der Waals surface area (Å²) in [5.41, 5.74) is 6.32. The number of aromatic nitrogens is 1. The van der Waals surface area contributed by atoms with Crippen LogP contribution in [0.25, 0.3) is 0 Å². The Hall–Kier alpha value is -3.52. The van der Waals surface area contributed by atoms with Gasteiger partial charge in [0.05, 0.1) is 16.8 Å². The van der Waals surface area contributed by atoms with Crippen molar-refractivity contribution in [3.8, 4) is 11.5 Å². The second-order valence-corrected chi connectivity index (χ2v) is 6.63. The van der Waals surface area contributed by atoms with Crippen molar-refractivity contribution in [3.63, 3.8) is 0 Å². The highest BCUT2D eigenvalue weighted by Crippen LogP contribution is 2.21. The van der Waals surface area contributed by atoms with Crippen LogP contribution in [-0.4, -0.2) is 22.1 Å². The minimum absolute atomic E-state index is 0.0608. The van der Waals surface area contributed by atoms with E-state index >= 15 is 0 Å². The minimum Gasteiger partial charge on any atom is -0.507 e. The molecule has 3 aromatic rings. The Labute approximate surface area is 171 Å². The van der Waals surface area contributed by atoms with Crippen molar-refractivity contribution in [1.82, 2.24) is 16.0 Å². The molecule has 3 N–H and O–H groups in total. The predicted octanol–water partition coefficient (Wildman–Crippen LogP) is 3.30. The third kappa shape index (κ3) is 4.85. The molecule has 8 nitrogen and oxygen atoms in total. The van der Waals surface area contributed by atoms with Crippen molar-refractivity contribution < 1.29 is 24.0 Å². The third-order valence-electron chi connectivity index (χ3n) is 4.15. The lowest BCUT2D eigenvalue weighted by Gasteiger charge is -2.10. The van der Waals surface area contributed by atoms with E-state index in [1.807, 2.05) is 6.92 Å². The normalized spacial score (nSPS) is 10.4. The van der Waals surface area contributed by atoms with Gasteiger partial charge in [0.25, 0.3) is 11.8 Å². The topological polar surface area (TPSA) is 114 Å². The number of nitrogens with one attached hydrogen (secondary N) is 2. The molecule has 0 aliphatic carbocycles. The largest absolute Gasteiger partial charge is 0.507 e. The summed E-state index contributed by atoms with van der Waals surface area (Å²) >= 11 is 5.82. The number of aromatic hydroxyl groups is 1. The van der Waals surface area contributed by atoms with Crippen LogP contribution in [0.3, 0.4) is 0 Å². The first-order valence-electron chi connectivity index (χ1n) is 8.59. The zero-order valence-corrected chi connectivity index (χ0v) is 16.4. The highest BCUT2D eigenvalue weighted by Gasteiger charge is 2.14. The van der Waals surface area contributed by atoms with Crippen LogP contribution in [0.4, 0.5) is 0 Å². The Morgan fingerprint density at radius 2 is 1.90 bits per heavy atom. The monoisotopic (exact) mass is 415 g/mol. The van der Waals surface area contributed by atoms with E-state index in [9.17, 15) is 14.7 Å². The van der Waals surface area contributed by atoms with Crippen molar-refractivity contribution in [3.05, 3.63) is 75.6 Å². The van der Waals surface area contributed by atoms with Gasteiger partial charge >= 0.3 is 0 Å². The van der Waals surface area contributed by atoms with Gasteiger partial charge in [0.15, 0.2) is 0 Å². The molecule has 0 fully saturated rings. The molecule has 2 aromatic carbocycles. The lowest BCUT2D eigenvalue weighted by Crippen LogP contribution is -2.41. The van der Waals surface area contributed by atoms with Crippen LogP contribution in [0.15, 0.2) is 47.0 Å². The molecule has 0 radical (unpaired) electrons. The zero-order valence-electron chi connectivity index (χ0n) is 15.7. The Kier molecular flexibility index (Phi) is 6.04. The molecule has 0 atom stereocenters. The molecule has 1 heterocycles. The number of hydrogen-bond acceptors (Lipinski definition) is 6. The van der Waals surface area contributed by atoms with Crippen LogP contribution in [0.2, 0.25) is 5.02 Å². The van der Waals surface area contributed by atoms with Crippen LogP contribution >= 0.6 is 11.6 Å². The molecule has 0 unspecified atom stereocenters. The van der Waals surface area contributed by atoms with Crippen molar-refractivity contribution in [2.45, 2.75) is 20.5 Å². The van der Waals surface area contributed by atoms with Gasteiger partial charge in [0.2, 0.25) is 0 Å². The van der Waals surface area contributed by atoms with E-state index in [1.165, 1.54) is 24.3 Å². The Bertz CT molecular complexity index is 1040. The zero-order chi connectivity index (χ0) is 21.0. The summed E-state index contributed by atoms with van der Waals surface area (Å²) in [6.07, 6.45) is 0. The summed E-state index contributed by atoms with van der Waals surface area (Å²) in [6.45, 7) is 3.86. The fourth-order valence-electron chi connectivity index (χ4n) is 2.53. The van der Waals surface area contributed by atoms with Crippen molar-refractivity contribution in [1.29, 1.82) is 0 Å². The van der Waals surface area contributed by atoms with Crippen molar-refractivity contribution >= 4 is 23.4 Å². The summed E-state index contributed by atoms with van der Waals surface area (Å²) in [4.78, 5) is 24.5. The molecule has 150 valence electrons. The minimum atomic E-state index is -0.704. The van der Waals surface area contributed by atoms with Gasteiger partial charge in [0, 0.05) is 10.6 Å². The van der Waals surface area contributed by atoms with E-state index in [1.54, 1.807) is 25.1 Å². The number of hydrogen-bond donors (Lipinski definition) is 3. The molecular formula is C20H18ClN3O5. The van der Waals surface area contributed by atoms with Gasteiger partial charge in [-0.05, 0) is 50.2 Å². The molecule has 9 heteroatoms. The molecule has 0 saturated carbocycles. The summed E-state index contributed by atoms with van der Waals surface area (Å²) in [6, 6.07) is 10.5. The number of phenolic OH excluding ortho intramolecular Hbond substituents is 1. The molecule has 0 bridgehead atoms. The van der Waals surface area contributed by atoms with Gasteiger partial charge in [0.1, 0.15) is 23.9 Å². The number of aryl methyl sites for hydroxylation is 2. The maximum atomic E-state index is 12.3. The van der Waals surface area contributed by atoms with Gasteiger partial charge in [-0.15, -0.1) is 0 Å². The first-order valence-corrected chi connectivity index (χ1v) is 8.96. The molecule has 3 rings (SSSR count). The average Bonchev–Trinajstić information content (AvgIpc) is 3.03. The van der Waals surface area contributed by atoms with Crippen molar-refractivity contribution in [2.24, 2.45) is 0 Å². The standard InChI is InChI=1S/C20H18ClN3O5/c1-11-17(12(2)29-24-11)10-28-15-5-3-4-13(8-15)19(26)22-23-20(27)16-9-14(21)6-7-18(16)25/h3-9,25H,10H2,1-2H3,(H,22,26)(H,23,27). The molecule has 0 spiro atoms. The number of phenols is 1. The SMILES string of the molecule is Cc1noc(C)c1COc1cccc(C(=O)NNC(=O)c2cc(Cl)ccc2O)c1. The van der Waals surface area contributed by atoms with Gasteiger partial charge in [-0.3, -0.25) is 20.4 Å². The smallest absolute Gasteiger partial charge is 0.273 e. The number of rotatable bonds is 5. The lowest BCUT2D eigenvalue weighted by molar-refractivity contribution is 0.0845. The van der Waals surface area contributed by atoms with E-state index in [4.69, 9.17) is 20.9 Å². The molecule has 0 saturated heterocycles. The molecule has 1 aromatic heterocycles. The molecule has 0 aliphatic heterocycles. The molecular weight excluding hydrogens is 398 g/mol. The first kappa shape index (κ1) is 20.2. The second-order valence-electron chi connectivity index (χ2n) is 6.19. The quantitative estimate of drug-likeness (QED) is 0.551. The third-order valence-corrected chi connectivity index (χ3v) is 4.39. The highest BCUT2D eigenvalue weighted by molar-refractivity contribution is 6.31. The van der Waals surface area contributed by atoms with Crippen LogP contribution in [0.5, 0.6) is 11.5 Å².